The van der Waals surface area contributed by atoms with E-state index in [9.17, 15) is 0 Å². The zero-order chi connectivity index (χ0) is 32.6. The maximum absolute atomic E-state index is 2.75. The summed E-state index contributed by atoms with van der Waals surface area (Å²) in [6.45, 7) is 31.6. The van der Waals surface area contributed by atoms with Crippen molar-refractivity contribution in [1.29, 1.82) is 0 Å². The van der Waals surface area contributed by atoms with Gasteiger partial charge in [0.05, 0.1) is 0 Å². The number of halogens is 2. The molecule has 0 saturated heterocycles. The summed E-state index contributed by atoms with van der Waals surface area (Å²) >= 11 is 0. The van der Waals surface area contributed by atoms with Crippen LogP contribution in [0.3, 0.4) is 0 Å². The second-order valence-electron chi connectivity index (χ2n) is 19.4. The van der Waals surface area contributed by atoms with Crippen molar-refractivity contribution in [1.82, 2.24) is 0 Å². The Labute approximate surface area is 325 Å². The van der Waals surface area contributed by atoms with E-state index >= 15 is 0 Å². The second kappa shape index (κ2) is 13.0. The molecule has 258 valence electrons. The number of aryl methyl sites for hydroxylation is 2. The SMILES string of the molecule is Cc1cc2c(cc1C(C)(C)C)-c1cc(C(C)(C)C)c(C)cc1C2C1(C(C)C)CC(C2CC3C=CC2C3)C2=C1C=C(C(C)(C)C)C2.[Cl-].[Cl-].[Zr+2]. The number of hydrogen-bond acceptors (Lipinski definition) is 0. The fraction of sp³-hybridized carbons (Fsp3) is 0.600. The first-order valence-corrected chi connectivity index (χ1v) is 18.3. The first-order valence-electron chi connectivity index (χ1n) is 18.3. The molecule has 5 aliphatic carbocycles. The zero-order valence-electron chi connectivity index (χ0n) is 32.1. The first kappa shape index (κ1) is 39.9. The quantitative estimate of drug-likeness (QED) is 0.311. The number of allylic oxidation sites excluding steroid dienone is 6. The molecule has 7 rings (SSSR count). The van der Waals surface area contributed by atoms with Crippen LogP contribution in [0.5, 0.6) is 0 Å². The van der Waals surface area contributed by atoms with Crippen molar-refractivity contribution in [2.24, 2.45) is 40.4 Å². The molecule has 3 heteroatoms. The minimum absolute atomic E-state index is 0. The summed E-state index contributed by atoms with van der Waals surface area (Å²) < 4.78 is 0. The summed E-state index contributed by atoms with van der Waals surface area (Å²) in [5.74, 6) is 4.06. The molecule has 0 spiro atoms. The van der Waals surface area contributed by atoms with E-state index in [0.717, 1.165) is 17.8 Å². The molecular formula is C45H60Cl2Zr. The molecule has 5 unspecified atom stereocenters. The predicted molar refractivity (Wildman–Crippen MR) is 194 cm³/mol. The van der Waals surface area contributed by atoms with Crippen molar-refractivity contribution in [2.75, 3.05) is 0 Å². The summed E-state index contributed by atoms with van der Waals surface area (Å²) in [7, 11) is 0. The minimum atomic E-state index is 0. The van der Waals surface area contributed by atoms with Gasteiger partial charge in [-0.3, -0.25) is 0 Å². The van der Waals surface area contributed by atoms with Gasteiger partial charge in [0.2, 0.25) is 0 Å². The maximum atomic E-state index is 2.75. The van der Waals surface area contributed by atoms with Crippen LogP contribution in [-0.2, 0) is 37.0 Å². The molecule has 0 aliphatic heterocycles. The standard InChI is InChI=1S/C45H60.2ClH.Zr/c1-25(2)45(24-37(31-19-28-14-15-29(31)18-28)34-20-30(21-40(34)45)42(5,6)7)41-35-16-26(3)38(43(8,9)10)22-32(35)33-23-39(44(11,12)13)27(4)17-36(33)41;;;/h14-17,21-23,25,28-29,31,37,41H,18-20,24H2,1-13H3;2*1H;/q;;;+2/p-2. The van der Waals surface area contributed by atoms with Crippen molar-refractivity contribution in [2.45, 2.75) is 132 Å². The molecular weight excluding hydrogens is 703 g/mol. The van der Waals surface area contributed by atoms with Crippen molar-refractivity contribution in [3.8, 4) is 11.1 Å². The van der Waals surface area contributed by atoms with Crippen LogP contribution in [0.25, 0.3) is 11.1 Å². The zero-order valence-corrected chi connectivity index (χ0v) is 36.1. The summed E-state index contributed by atoms with van der Waals surface area (Å²) in [5, 5.41) is 0. The van der Waals surface area contributed by atoms with Gasteiger partial charge in [0.15, 0.2) is 0 Å². The van der Waals surface area contributed by atoms with E-state index in [4.69, 9.17) is 0 Å². The summed E-state index contributed by atoms with van der Waals surface area (Å²) in [6.07, 6.45) is 13.2. The van der Waals surface area contributed by atoms with Crippen molar-refractivity contribution < 1.29 is 51.0 Å². The molecule has 0 amide bonds. The molecule has 0 N–H and O–H groups in total. The van der Waals surface area contributed by atoms with Crippen LogP contribution < -0.4 is 24.8 Å². The van der Waals surface area contributed by atoms with E-state index in [-0.39, 0.29) is 72.7 Å². The van der Waals surface area contributed by atoms with Crippen LogP contribution in [-0.4, -0.2) is 0 Å². The molecule has 1 saturated carbocycles. The largest absolute Gasteiger partial charge is 2.00 e. The van der Waals surface area contributed by atoms with Gasteiger partial charge in [-0.05, 0) is 135 Å². The molecule has 0 aromatic heterocycles. The molecule has 2 aromatic carbocycles. The predicted octanol–water partition coefficient (Wildman–Crippen LogP) is 6.56. The van der Waals surface area contributed by atoms with Crippen LogP contribution in [0.1, 0.15) is 141 Å². The fourth-order valence-electron chi connectivity index (χ4n) is 11.1. The van der Waals surface area contributed by atoms with Crippen molar-refractivity contribution >= 4 is 0 Å². The number of benzene rings is 2. The Balaban J connectivity index is 0.00000173. The third-order valence-corrected chi connectivity index (χ3v) is 13.2. The normalized spacial score (nSPS) is 27.4. The molecule has 2 bridgehead atoms. The number of hydrogen-bond donors (Lipinski definition) is 0. The van der Waals surface area contributed by atoms with Crippen LogP contribution in [0.2, 0.25) is 0 Å². The number of fused-ring (bicyclic) bond motifs is 5. The third-order valence-electron chi connectivity index (χ3n) is 13.2. The Morgan fingerprint density at radius 1 is 0.708 bits per heavy atom. The monoisotopic (exact) mass is 760 g/mol. The summed E-state index contributed by atoms with van der Waals surface area (Å²) in [6, 6.07) is 10.5. The molecule has 5 aliphatic rings. The second-order valence-corrected chi connectivity index (χ2v) is 19.4. The Morgan fingerprint density at radius 2 is 1.23 bits per heavy atom. The molecule has 48 heavy (non-hydrogen) atoms. The van der Waals surface area contributed by atoms with Gasteiger partial charge in [-0.2, -0.15) is 0 Å². The van der Waals surface area contributed by atoms with Crippen molar-refractivity contribution in [3.63, 3.8) is 0 Å². The Hall–Kier alpha value is -0.877. The van der Waals surface area contributed by atoms with Gasteiger partial charge in [-0.15, -0.1) is 0 Å². The van der Waals surface area contributed by atoms with Gasteiger partial charge in [0.1, 0.15) is 0 Å². The van der Waals surface area contributed by atoms with Gasteiger partial charge in [-0.1, -0.05) is 130 Å². The fourth-order valence-corrected chi connectivity index (χ4v) is 11.1. The Bertz CT molecular complexity index is 1610. The molecule has 2 aromatic rings. The van der Waals surface area contributed by atoms with Crippen LogP contribution >= 0.6 is 0 Å². The summed E-state index contributed by atoms with van der Waals surface area (Å²) in [4.78, 5) is 0. The van der Waals surface area contributed by atoms with Gasteiger partial charge >= 0.3 is 26.2 Å². The number of rotatable bonds is 3. The Morgan fingerprint density at radius 3 is 1.62 bits per heavy atom. The molecule has 0 heterocycles. The minimum Gasteiger partial charge on any atom is -1.00 e. The Kier molecular flexibility index (Phi) is 10.8. The van der Waals surface area contributed by atoms with E-state index in [2.05, 4.69) is 133 Å². The molecule has 1 fully saturated rings. The maximum Gasteiger partial charge on any atom is 2.00 e. The van der Waals surface area contributed by atoms with Crippen LogP contribution in [0, 0.1) is 54.3 Å². The topological polar surface area (TPSA) is 0 Å². The van der Waals surface area contributed by atoms with E-state index in [1.807, 2.05) is 5.57 Å². The van der Waals surface area contributed by atoms with Gasteiger partial charge in [0.25, 0.3) is 0 Å². The third kappa shape index (κ3) is 5.99. The average Bonchev–Trinajstić information content (AvgIpc) is 3.71. The van der Waals surface area contributed by atoms with Gasteiger partial charge in [-0.25, -0.2) is 0 Å². The van der Waals surface area contributed by atoms with E-state index in [1.165, 1.54) is 59.1 Å². The smallest absolute Gasteiger partial charge is 1.00 e. The van der Waals surface area contributed by atoms with E-state index in [0.29, 0.717) is 17.8 Å². The summed E-state index contributed by atoms with van der Waals surface area (Å²) in [5.41, 5.74) is 17.9. The van der Waals surface area contributed by atoms with Crippen LogP contribution in [0.15, 0.2) is 59.2 Å². The molecule has 0 nitrogen and oxygen atoms in total. The van der Waals surface area contributed by atoms with E-state index < -0.39 is 0 Å². The van der Waals surface area contributed by atoms with Gasteiger partial charge < -0.3 is 24.8 Å². The first-order chi connectivity index (χ1) is 20.8. The molecule has 0 radical (unpaired) electrons. The molecule has 5 atom stereocenters. The van der Waals surface area contributed by atoms with E-state index in [1.54, 1.807) is 22.3 Å². The van der Waals surface area contributed by atoms with Crippen LogP contribution in [0.4, 0.5) is 0 Å². The van der Waals surface area contributed by atoms with Gasteiger partial charge in [0, 0.05) is 11.3 Å². The average molecular weight is 763 g/mol. The van der Waals surface area contributed by atoms with Crippen molar-refractivity contribution in [3.05, 3.63) is 92.6 Å².